The number of phenolic OH excluding ortho intramolecular Hbond substituents is 1. The zero-order valence-corrected chi connectivity index (χ0v) is 16.0. The number of imidazole rings is 1. The minimum Gasteiger partial charge on any atom is -0.507 e. The molecule has 3 aromatic carbocycles. The summed E-state index contributed by atoms with van der Waals surface area (Å²) in [5.74, 6) is 0.241. The summed E-state index contributed by atoms with van der Waals surface area (Å²) in [5.41, 5.74) is 4.09. The molecule has 0 radical (unpaired) electrons. The highest BCUT2D eigenvalue weighted by molar-refractivity contribution is 7.71. The van der Waals surface area contributed by atoms with Crippen molar-refractivity contribution in [3.05, 3.63) is 83.6 Å². The fraction of sp³-hybridized carbons (Fsp3) is 0.0435. The van der Waals surface area contributed by atoms with E-state index in [-0.39, 0.29) is 5.75 Å². The average molecular weight is 383 g/mol. The molecule has 0 aliphatic heterocycles. The molecule has 0 bridgehead atoms. The van der Waals surface area contributed by atoms with Gasteiger partial charge in [0.05, 0.1) is 11.2 Å². The van der Waals surface area contributed by atoms with Gasteiger partial charge in [-0.25, -0.2) is 4.98 Å². The Balaban J connectivity index is 1.79. The highest BCUT2D eigenvalue weighted by atomic mass is 32.1. The molecule has 0 amide bonds. The van der Waals surface area contributed by atoms with Crippen LogP contribution in [0, 0.1) is 4.77 Å². The summed E-state index contributed by atoms with van der Waals surface area (Å²) < 4.78 is 4.59. The first kappa shape index (κ1) is 16.7. The third-order valence-corrected chi connectivity index (χ3v) is 5.55. The molecule has 5 aromatic rings. The first-order valence-electron chi connectivity index (χ1n) is 9.00. The number of hydrogen-bond donors (Lipinski definition) is 1. The maximum absolute atomic E-state index is 10.8. The van der Waals surface area contributed by atoms with Crippen molar-refractivity contribution in [1.82, 2.24) is 14.1 Å². The highest BCUT2D eigenvalue weighted by Gasteiger charge is 2.15. The van der Waals surface area contributed by atoms with Gasteiger partial charge in [0.15, 0.2) is 10.4 Å². The van der Waals surface area contributed by atoms with Crippen LogP contribution >= 0.6 is 12.2 Å². The Labute approximate surface area is 166 Å². The second-order valence-electron chi connectivity index (χ2n) is 6.73. The van der Waals surface area contributed by atoms with Crippen LogP contribution in [0.4, 0.5) is 0 Å². The number of pyridine rings is 1. The van der Waals surface area contributed by atoms with E-state index in [4.69, 9.17) is 17.2 Å². The maximum atomic E-state index is 10.8. The molecule has 5 heteroatoms. The van der Waals surface area contributed by atoms with Crippen LogP contribution in [0.5, 0.6) is 5.75 Å². The Morgan fingerprint density at radius 3 is 2.43 bits per heavy atom. The number of benzene rings is 3. The fourth-order valence-corrected chi connectivity index (χ4v) is 3.92. The van der Waals surface area contributed by atoms with Gasteiger partial charge in [-0.05, 0) is 47.9 Å². The number of phenols is 1. The summed E-state index contributed by atoms with van der Waals surface area (Å²) in [7, 11) is 1.94. The molecule has 0 unspecified atom stereocenters. The number of nitrogens with zero attached hydrogens (tertiary/aromatic N) is 3. The van der Waals surface area contributed by atoms with E-state index in [1.165, 1.54) is 0 Å². The van der Waals surface area contributed by atoms with Crippen molar-refractivity contribution in [1.29, 1.82) is 0 Å². The molecule has 4 nitrogen and oxygen atoms in total. The standard InChI is InChI=1S/C23H17N3OS/c1-25-20-14-13-19(18-12-11-15-7-5-6-10-17(15)21(18)27)24-22(20)26(23(25)28)16-8-3-2-4-9-16/h2-14,27H,1H3. The minimum absolute atomic E-state index is 0.241. The lowest BCUT2D eigenvalue weighted by Gasteiger charge is -2.09. The van der Waals surface area contributed by atoms with Crippen LogP contribution in [-0.2, 0) is 7.05 Å². The van der Waals surface area contributed by atoms with Crippen LogP contribution in [-0.4, -0.2) is 19.2 Å². The zero-order chi connectivity index (χ0) is 19.3. The maximum Gasteiger partial charge on any atom is 0.186 e. The smallest absolute Gasteiger partial charge is 0.186 e. The number of aromatic nitrogens is 3. The molecular formula is C23H17N3OS. The monoisotopic (exact) mass is 383 g/mol. The van der Waals surface area contributed by atoms with Crippen molar-refractivity contribution in [2.24, 2.45) is 7.05 Å². The lowest BCUT2D eigenvalue weighted by Crippen LogP contribution is -1.97. The molecule has 136 valence electrons. The van der Waals surface area contributed by atoms with Gasteiger partial charge in [0, 0.05) is 23.7 Å². The van der Waals surface area contributed by atoms with E-state index in [0.29, 0.717) is 16.0 Å². The van der Waals surface area contributed by atoms with Crippen molar-refractivity contribution in [3.63, 3.8) is 0 Å². The Morgan fingerprint density at radius 2 is 1.61 bits per heavy atom. The predicted octanol–water partition coefficient (Wildman–Crippen LogP) is 5.62. The van der Waals surface area contributed by atoms with Crippen LogP contribution in [0.15, 0.2) is 78.9 Å². The van der Waals surface area contributed by atoms with E-state index in [9.17, 15) is 5.11 Å². The summed E-state index contributed by atoms with van der Waals surface area (Å²) >= 11 is 5.66. The molecule has 0 atom stereocenters. The zero-order valence-electron chi connectivity index (χ0n) is 15.2. The normalized spacial score (nSPS) is 11.3. The van der Waals surface area contributed by atoms with Gasteiger partial charge in [-0.2, -0.15) is 0 Å². The van der Waals surface area contributed by atoms with Crippen molar-refractivity contribution in [3.8, 4) is 22.7 Å². The van der Waals surface area contributed by atoms with E-state index in [2.05, 4.69) is 0 Å². The molecule has 0 saturated heterocycles. The van der Waals surface area contributed by atoms with E-state index in [1.807, 2.05) is 95.0 Å². The van der Waals surface area contributed by atoms with Crippen molar-refractivity contribution < 1.29 is 5.11 Å². The number of fused-ring (bicyclic) bond motifs is 2. The second-order valence-corrected chi connectivity index (χ2v) is 7.10. The molecule has 2 heterocycles. The Kier molecular flexibility index (Phi) is 3.77. The van der Waals surface area contributed by atoms with Gasteiger partial charge in [-0.15, -0.1) is 0 Å². The molecule has 2 aromatic heterocycles. The number of hydrogen-bond acceptors (Lipinski definition) is 3. The minimum atomic E-state index is 0.241. The molecule has 0 saturated carbocycles. The first-order chi connectivity index (χ1) is 13.6. The number of rotatable bonds is 2. The summed E-state index contributed by atoms with van der Waals surface area (Å²) in [4.78, 5) is 4.89. The largest absolute Gasteiger partial charge is 0.507 e. The van der Waals surface area contributed by atoms with Gasteiger partial charge in [-0.3, -0.25) is 4.57 Å². The van der Waals surface area contributed by atoms with E-state index < -0.39 is 0 Å². The van der Waals surface area contributed by atoms with Crippen LogP contribution in [0.25, 0.3) is 38.9 Å². The average Bonchev–Trinajstić information content (AvgIpc) is 2.99. The van der Waals surface area contributed by atoms with Crippen molar-refractivity contribution >= 4 is 34.2 Å². The van der Waals surface area contributed by atoms with Gasteiger partial charge in [-0.1, -0.05) is 48.5 Å². The van der Waals surface area contributed by atoms with Gasteiger partial charge >= 0.3 is 0 Å². The van der Waals surface area contributed by atoms with Gasteiger partial charge < -0.3 is 9.67 Å². The Bertz CT molecular complexity index is 1400. The summed E-state index contributed by atoms with van der Waals surface area (Å²) in [6, 6.07) is 25.6. The molecule has 0 aliphatic rings. The van der Waals surface area contributed by atoms with Crippen molar-refractivity contribution in [2.45, 2.75) is 0 Å². The number of aromatic hydroxyl groups is 1. The first-order valence-corrected chi connectivity index (χ1v) is 9.41. The van der Waals surface area contributed by atoms with Crippen LogP contribution in [0.1, 0.15) is 0 Å². The quantitative estimate of drug-likeness (QED) is 0.402. The Morgan fingerprint density at radius 1 is 0.857 bits per heavy atom. The topological polar surface area (TPSA) is 43.0 Å². The summed E-state index contributed by atoms with van der Waals surface area (Å²) in [6.45, 7) is 0. The third-order valence-electron chi connectivity index (χ3n) is 5.10. The van der Waals surface area contributed by atoms with Gasteiger partial charge in [0.25, 0.3) is 0 Å². The molecule has 5 rings (SSSR count). The second kappa shape index (κ2) is 6.32. The molecule has 0 spiro atoms. The SMILES string of the molecule is Cn1c(=S)n(-c2ccccc2)c2nc(-c3ccc4ccccc4c3O)ccc21. The third kappa shape index (κ3) is 2.44. The lowest BCUT2D eigenvalue weighted by atomic mass is 10.0. The molecule has 28 heavy (non-hydrogen) atoms. The van der Waals surface area contributed by atoms with E-state index in [1.54, 1.807) is 0 Å². The molecule has 1 N–H and O–H groups in total. The van der Waals surface area contributed by atoms with Crippen LogP contribution in [0.3, 0.4) is 0 Å². The van der Waals surface area contributed by atoms with Crippen LogP contribution < -0.4 is 0 Å². The van der Waals surface area contributed by atoms with E-state index >= 15 is 0 Å². The highest BCUT2D eigenvalue weighted by Crippen LogP contribution is 2.35. The summed E-state index contributed by atoms with van der Waals surface area (Å²) in [5, 5.41) is 12.7. The molecular weight excluding hydrogens is 366 g/mol. The fourth-order valence-electron chi connectivity index (χ4n) is 3.63. The predicted molar refractivity (Wildman–Crippen MR) is 115 cm³/mol. The molecule has 0 fully saturated rings. The Hall–Kier alpha value is -3.44. The summed E-state index contributed by atoms with van der Waals surface area (Å²) in [6.07, 6.45) is 0. The lowest BCUT2D eigenvalue weighted by molar-refractivity contribution is 0.483. The van der Waals surface area contributed by atoms with Crippen LogP contribution in [0.2, 0.25) is 0 Å². The molecule has 0 aliphatic carbocycles. The van der Waals surface area contributed by atoms with E-state index in [0.717, 1.165) is 27.6 Å². The number of aryl methyl sites for hydroxylation is 1. The van der Waals surface area contributed by atoms with Gasteiger partial charge in [0.1, 0.15) is 5.75 Å². The number of para-hydroxylation sites is 1. The van der Waals surface area contributed by atoms with Gasteiger partial charge in [0.2, 0.25) is 0 Å². The van der Waals surface area contributed by atoms with Crippen molar-refractivity contribution in [2.75, 3.05) is 0 Å².